The second-order valence-corrected chi connectivity index (χ2v) is 6.59. The Balaban J connectivity index is 1.46. The molecule has 1 aliphatic carbocycles. The number of carbonyl (C=O) groups is 2. The molecule has 4 heteroatoms. The molecule has 0 bridgehead atoms. The minimum Gasteiger partial charge on any atom is -0.353 e. The molecule has 0 aromatic heterocycles. The fourth-order valence-electron chi connectivity index (χ4n) is 3.53. The molecule has 2 fully saturated rings. The molecule has 1 heterocycles. The Labute approximate surface area is 131 Å². The van der Waals surface area contributed by atoms with Gasteiger partial charge in [-0.15, -0.1) is 0 Å². The molecule has 0 spiro atoms. The van der Waals surface area contributed by atoms with Crippen molar-refractivity contribution in [3.63, 3.8) is 0 Å². The SMILES string of the molecule is CC(=O)N1CCCC(C(=O)NC2CC(c3ccccc3)C2)C1. The summed E-state index contributed by atoms with van der Waals surface area (Å²) in [5, 5.41) is 3.17. The van der Waals surface area contributed by atoms with E-state index in [4.69, 9.17) is 0 Å². The molecule has 4 nitrogen and oxygen atoms in total. The molecule has 1 saturated carbocycles. The number of likely N-dealkylation sites (tertiary alicyclic amines) is 1. The second-order valence-electron chi connectivity index (χ2n) is 6.59. The summed E-state index contributed by atoms with van der Waals surface area (Å²) in [5.74, 6) is 0.743. The monoisotopic (exact) mass is 300 g/mol. The zero-order valence-electron chi connectivity index (χ0n) is 13.1. The van der Waals surface area contributed by atoms with E-state index in [1.807, 2.05) is 6.07 Å². The number of rotatable bonds is 3. The Morgan fingerprint density at radius 2 is 1.91 bits per heavy atom. The summed E-state index contributed by atoms with van der Waals surface area (Å²) in [6, 6.07) is 10.8. The third-order valence-corrected chi connectivity index (χ3v) is 4.99. The van der Waals surface area contributed by atoms with Crippen LogP contribution in [-0.4, -0.2) is 35.8 Å². The minimum atomic E-state index is -0.0339. The predicted molar refractivity (Wildman–Crippen MR) is 85.3 cm³/mol. The van der Waals surface area contributed by atoms with Crippen LogP contribution in [0.1, 0.15) is 44.1 Å². The summed E-state index contributed by atoms with van der Waals surface area (Å²) in [6.45, 7) is 2.95. The first-order valence-electron chi connectivity index (χ1n) is 8.24. The van der Waals surface area contributed by atoms with Crippen LogP contribution in [0.3, 0.4) is 0 Å². The van der Waals surface area contributed by atoms with Gasteiger partial charge in [0.25, 0.3) is 0 Å². The van der Waals surface area contributed by atoms with Gasteiger partial charge in [-0.2, -0.15) is 0 Å². The number of hydrogen-bond acceptors (Lipinski definition) is 2. The highest BCUT2D eigenvalue weighted by atomic mass is 16.2. The van der Waals surface area contributed by atoms with Gasteiger partial charge in [-0.05, 0) is 37.2 Å². The maximum atomic E-state index is 12.4. The highest BCUT2D eigenvalue weighted by Gasteiger charge is 2.34. The first-order chi connectivity index (χ1) is 10.6. The largest absolute Gasteiger partial charge is 0.353 e. The number of carbonyl (C=O) groups excluding carboxylic acids is 2. The lowest BCUT2D eigenvalue weighted by Gasteiger charge is -2.38. The maximum absolute atomic E-state index is 12.4. The van der Waals surface area contributed by atoms with Crippen molar-refractivity contribution in [2.45, 2.75) is 44.6 Å². The fraction of sp³-hybridized carbons (Fsp3) is 0.556. The van der Waals surface area contributed by atoms with E-state index in [-0.39, 0.29) is 17.7 Å². The zero-order chi connectivity index (χ0) is 15.5. The lowest BCUT2D eigenvalue weighted by atomic mass is 9.75. The lowest BCUT2D eigenvalue weighted by Crippen LogP contribution is -2.50. The van der Waals surface area contributed by atoms with Crippen LogP contribution in [0, 0.1) is 5.92 Å². The van der Waals surface area contributed by atoms with Crippen LogP contribution in [0.25, 0.3) is 0 Å². The Bertz CT molecular complexity index is 537. The number of benzene rings is 1. The van der Waals surface area contributed by atoms with E-state index in [0.29, 0.717) is 18.5 Å². The molecule has 1 atom stereocenters. The predicted octanol–water partition coefficient (Wildman–Crippen LogP) is 2.31. The van der Waals surface area contributed by atoms with E-state index in [0.717, 1.165) is 32.2 Å². The van der Waals surface area contributed by atoms with Crippen molar-refractivity contribution >= 4 is 11.8 Å². The Hall–Kier alpha value is -1.84. The topological polar surface area (TPSA) is 49.4 Å². The van der Waals surface area contributed by atoms with E-state index in [1.54, 1.807) is 11.8 Å². The molecule has 1 unspecified atom stereocenters. The van der Waals surface area contributed by atoms with E-state index < -0.39 is 0 Å². The number of amides is 2. The summed E-state index contributed by atoms with van der Waals surface area (Å²) in [7, 11) is 0. The Kier molecular flexibility index (Phi) is 4.46. The number of hydrogen-bond donors (Lipinski definition) is 1. The summed E-state index contributed by atoms with van der Waals surface area (Å²) in [6.07, 6.45) is 3.87. The standard InChI is InChI=1S/C18H24N2O2/c1-13(21)20-9-5-8-15(12-20)18(22)19-17-10-16(11-17)14-6-3-2-4-7-14/h2-4,6-7,15-17H,5,8-12H2,1H3,(H,19,22). The van der Waals surface area contributed by atoms with Gasteiger partial charge in [-0.25, -0.2) is 0 Å². The van der Waals surface area contributed by atoms with Crippen LogP contribution in [0.4, 0.5) is 0 Å². The van der Waals surface area contributed by atoms with Gasteiger partial charge in [0.2, 0.25) is 11.8 Å². The molecular weight excluding hydrogens is 276 g/mol. The highest BCUT2D eigenvalue weighted by Crippen LogP contribution is 2.36. The lowest BCUT2D eigenvalue weighted by molar-refractivity contribution is -0.134. The summed E-state index contributed by atoms with van der Waals surface area (Å²) in [4.78, 5) is 25.6. The fourth-order valence-corrected chi connectivity index (χ4v) is 3.53. The van der Waals surface area contributed by atoms with Crippen LogP contribution in [0.5, 0.6) is 0 Å². The highest BCUT2D eigenvalue weighted by molar-refractivity contribution is 5.81. The second kappa shape index (κ2) is 6.51. The average molecular weight is 300 g/mol. The van der Waals surface area contributed by atoms with Crippen LogP contribution in [0.15, 0.2) is 30.3 Å². The van der Waals surface area contributed by atoms with Gasteiger partial charge in [0.1, 0.15) is 0 Å². The average Bonchev–Trinajstić information content (AvgIpc) is 2.51. The van der Waals surface area contributed by atoms with E-state index in [9.17, 15) is 9.59 Å². The molecule has 1 aromatic rings. The van der Waals surface area contributed by atoms with Crippen LogP contribution in [0.2, 0.25) is 0 Å². The molecule has 0 radical (unpaired) electrons. The van der Waals surface area contributed by atoms with Crippen molar-refractivity contribution in [1.82, 2.24) is 10.2 Å². The normalized spacial score (nSPS) is 27.9. The number of nitrogens with zero attached hydrogens (tertiary/aromatic N) is 1. The molecule has 1 aliphatic heterocycles. The minimum absolute atomic E-state index is 0.0339. The van der Waals surface area contributed by atoms with Gasteiger partial charge < -0.3 is 10.2 Å². The van der Waals surface area contributed by atoms with Crippen molar-refractivity contribution in [2.75, 3.05) is 13.1 Å². The van der Waals surface area contributed by atoms with Crippen LogP contribution < -0.4 is 5.32 Å². The summed E-state index contributed by atoms with van der Waals surface area (Å²) >= 11 is 0. The van der Waals surface area contributed by atoms with Gasteiger partial charge in [0, 0.05) is 26.1 Å². The van der Waals surface area contributed by atoms with E-state index in [2.05, 4.69) is 29.6 Å². The van der Waals surface area contributed by atoms with Crippen molar-refractivity contribution in [2.24, 2.45) is 5.92 Å². The molecule has 3 rings (SSSR count). The van der Waals surface area contributed by atoms with Gasteiger partial charge in [0.15, 0.2) is 0 Å². The first kappa shape index (κ1) is 15.1. The Morgan fingerprint density at radius 3 is 2.59 bits per heavy atom. The molecule has 1 N–H and O–H groups in total. The van der Waals surface area contributed by atoms with Crippen molar-refractivity contribution < 1.29 is 9.59 Å². The Morgan fingerprint density at radius 1 is 1.18 bits per heavy atom. The zero-order valence-corrected chi connectivity index (χ0v) is 13.1. The van der Waals surface area contributed by atoms with Gasteiger partial charge in [0.05, 0.1) is 5.92 Å². The van der Waals surface area contributed by atoms with Crippen molar-refractivity contribution in [1.29, 1.82) is 0 Å². The van der Waals surface area contributed by atoms with Gasteiger partial charge in [-0.3, -0.25) is 9.59 Å². The summed E-state index contributed by atoms with van der Waals surface area (Å²) in [5.41, 5.74) is 1.37. The van der Waals surface area contributed by atoms with Crippen LogP contribution >= 0.6 is 0 Å². The van der Waals surface area contributed by atoms with Gasteiger partial charge >= 0.3 is 0 Å². The number of piperidine rings is 1. The molecule has 2 amide bonds. The molecule has 1 saturated heterocycles. The molecular formula is C18H24N2O2. The third-order valence-electron chi connectivity index (χ3n) is 4.99. The summed E-state index contributed by atoms with van der Waals surface area (Å²) < 4.78 is 0. The maximum Gasteiger partial charge on any atom is 0.225 e. The molecule has 22 heavy (non-hydrogen) atoms. The van der Waals surface area contributed by atoms with E-state index >= 15 is 0 Å². The molecule has 1 aromatic carbocycles. The van der Waals surface area contributed by atoms with Crippen molar-refractivity contribution in [3.05, 3.63) is 35.9 Å². The van der Waals surface area contributed by atoms with E-state index in [1.165, 1.54) is 5.56 Å². The van der Waals surface area contributed by atoms with Crippen LogP contribution in [-0.2, 0) is 9.59 Å². The molecule has 2 aliphatic rings. The first-order valence-corrected chi connectivity index (χ1v) is 8.24. The van der Waals surface area contributed by atoms with Crippen molar-refractivity contribution in [3.8, 4) is 0 Å². The molecule has 118 valence electrons. The quantitative estimate of drug-likeness (QED) is 0.931. The smallest absolute Gasteiger partial charge is 0.225 e. The van der Waals surface area contributed by atoms with Gasteiger partial charge in [-0.1, -0.05) is 30.3 Å². The number of nitrogens with one attached hydrogen (secondary N) is 1. The third kappa shape index (κ3) is 3.32.